The molecule has 0 aliphatic heterocycles. The second-order valence-electron chi connectivity index (χ2n) is 4.46. The Kier molecular flexibility index (Phi) is 3.39. The van der Waals surface area contributed by atoms with Gasteiger partial charge in [-0.25, -0.2) is 0 Å². The molecule has 0 radical (unpaired) electrons. The van der Waals surface area contributed by atoms with E-state index in [1.807, 2.05) is 31.5 Å². The van der Waals surface area contributed by atoms with Crippen LogP contribution in [0, 0.1) is 25.2 Å². The number of aryl methyl sites for hydroxylation is 1. The number of hydrogen-bond donors (Lipinski definition) is 1. The number of nitrogens with zero attached hydrogens (tertiary/aromatic N) is 2. The fourth-order valence-electron chi connectivity index (χ4n) is 1.96. The number of nitrogens with one attached hydrogen (secondary N) is 1. The van der Waals surface area contributed by atoms with E-state index in [4.69, 9.17) is 5.26 Å². The number of benzene rings is 1. The van der Waals surface area contributed by atoms with E-state index in [9.17, 15) is 4.79 Å². The van der Waals surface area contributed by atoms with Crippen molar-refractivity contribution in [1.29, 1.82) is 5.26 Å². The third-order valence-electron chi connectivity index (χ3n) is 3.32. The Morgan fingerprint density at radius 2 is 2.00 bits per heavy atom. The predicted octanol–water partition coefficient (Wildman–Crippen LogP) is 2.77. The highest BCUT2D eigenvalue weighted by Gasteiger charge is 2.15. The normalized spacial score (nSPS) is 10.0. The first-order chi connectivity index (χ1) is 9.04. The lowest BCUT2D eigenvalue weighted by atomic mass is 10.1. The molecule has 1 N–H and O–H groups in total. The minimum Gasteiger partial charge on any atom is -0.351 e. The van der Waals surface area contributed by atoms with Crippen molar-refractivity contribution in [2.45, 2.75) is 13.8 Å². The summed E-state index contributed by atoms with van der Waals surface area (Å²) < 4.78 is 1.96. The van der Waals surface area contributed by atoms with Crippen molar-refractivity contribution in [1.82, 2.24) is 4.57 Å². The van der Waals surface area contributed by atoms with Crippen LogP contribution in [0.25, 0.3) is 0 Å². The van der Waals surface area contributed by atoms with Gasteiger partial charge in [0, 0.05) is 18.4 Å². The maximum atomic E-state index is 12.2. The number of rotatable bonds is 2. The zero-order valence-electron chi connectivity index (χ0n) is 11.2. The zero-order chi connectivity index (χ0) is 14.0. The number of aromatic nitrogens is 1. The van der Waals surface area contributed by atoms with Crippen LogP contribution in [-0.2, 0) is 7.05 Å². The molecule has 0 spiro atoms. The van der Waals surface area contributed by atoms with E-state index in [1.54, 1.807) is 24.3 Å². The second kappa shape index (κ2) is 4.99. The van der Waals surface area contributed by atoms with Crippen LogP contribution < -0.4 is 5.32 Å². The molecule has 2 aromatic rings. The Balaban J connectivity index is 2.31. The molecule has 0 unspecified atom stereocenters. The van der Waals surface area contributed by atoms with Crippen LogP contribution in [0.1, 0.15) is 27.3 Å². The molecule has 0 aliphatic carbocycles. The monoisotopic (exact) mass is 253 g/mol. The molecule has 0 saturated carbocycles. The highest BCUT2D eigenvalue weighted by molar-refractivity contribution is 6.05. The molecule has 19 heavy (non-hydrogen) atoms. The van der Waals surface area contributed by atoms with Crippen LogP contribution in [0.15, 0.2) is 30.3 Å². The van der Waals surface area contributed by atoms with Crippen molar-refractivity contribution in [3.63, 3.8) is 0 Å². The summed E-state index contributed by atoms with van der Waals surface area (Å²) in [6, 6.07) is 10.9. The van der Waals surface area contributed by atoms with Crippen LogP contribution in [0.5, 0.6) is 0 Å². The Bertz CT molecular complexity index is 677. The van der Waals surface area contributed by atoms with Crippen LogP contribution in [-0.4, -0.2) is 10.5 Å². The van der Waals surface area contributed by atoms with Gasteiger partial charge in [0.05, 0.1) is 16.8 Å². The first kappa shape index (κ1) is 12.9. The minimum atomic E-state index is -0.191. The second-order valence-corrected chi connectivity index (χ2v) is 4.46. The topological polar surface area (TPSA) is 57.8 Å². The number of carbonyl (C=O) groups excluding carboxylic acids is 1. The van der Waals surface area contributed by atoms with E-state index in [0.717, 1.165) is 11.4 Å². The Morgan fingerprint density at radius 1 is 1.32 bits per heavy atom. The van der Waals surface area contributed by atoms with Crippen LogP contribution >= 0.6 is 0 Å². The van der Waals surface area contributed by atoms with E-state index in [2.05, 4.69) is 11.4 Å². The van der Waals surface area contributed by atoms with Gasteiger partial charge in [0.1, 0.15) is 6.07 Å². The number of hydrogen-bond acceptors (Lipinski definition) is 2. The average Bonchev–Trinajstić information content (AvgIpc) is 2.67. The third kappa shape index (κ3) is 2.36. The lowest BCUT2D eigenvalue weighted by molar-refractivity contribution is 0.102. The van der Waals surface area contributed by atoms with E-state index in [1.165, 1.54) is 0 Å². The molecule has 0 saturated heterocycles. The first-order valence-electron chi connectivity index (χ1n) is 5.98. The van der Waals surface area contributed by atoms with Gasteiger partial charge in [-0.15, -0.1) is 0 Å². The molecule has 0 fully saturated rings. The summed E-state index contributed by atoms with van der Waals surface area (Å²) >= 11 is 0. The van der Waals surface area contributed by atoms with E-state index in [0.29, 0.717) is 16.8 Å². The first-order valence-corrected chi connectivity index (χ1v) is 5.98. The van der Waals surface area contributed by atoms with Crippen LogP contribution in [0.3, 0.4) is 0 Å². The van der Waals surface area contributed by atoms with Gasteiger partial charge in [-0.05, 0) is 32.0 Å². The van der Waals surface area contributed by atoms with Crippen LogP contribution in [0.4, 0.5) is 5.69 Å². The summed E-state index contributed by atoms with van der Waals surface area (Å²) in [6.07, 6.45) is 0. The molecule has 0 bridgehead atoms. The number of carbonyl (C=O) groups is 1. The molecule has 4 nitrogen and oxygen atoms in total. The van der Waals surface area contributed by atoms with Gasteiger partial charge in [-0.1, -0.05) is 12.1 Å². The molecule has 0 atom stereocenters. The molecular formula is C15H15N3O. The maximum Gasteiger partial charge on any atom is 0.257 e. The lowest BCUT2D eigenvalue weighted by Crippen LogP contribution is -2.13. The molecule has 96 valence electrons. The van der Waals surface area contributed by atoms with Gasteiger partial charge >= 0.3 is 0 Å². The van der Waals surface area contributed by atoms with Crippen molar-refractivity contribution in [2.75, 3.05) is 5.32 Å². The predicted molar refractivity (Wildman–Crippen MR) is 74.0 cm³/mol. The van der Waals surface area contributed by atoms with Gasteiger partial charge in [0.15, 0.2) is 0 Å². The summed E-state index contributed by atoms with van der Waals surface area (Å²) in [5, 5.41) is 11.8. The Labute approximate surface area is 112 Å². The summed E-state index contributed by atoms with van der Waals surface area (Å²) in [4.78, 5) is 12.2. The summed E-state index contributed by atoms with van der Waals surface area (Å²) in [7, 11) is 1.92. The van der Waals surface area contributed by atoms with Gasteiger partial charge in [-0.2, -0.15) is 5.26 Å². The molecule has 2 rings (SSSR count). The average molecular weight is 253 g/mol. The molecule has 1 aromatic heterocycles. The van der Waals surface area contributed by atoms with Gasteiger partial charge in [0.25, 0.3) is 5.91 Å². The van der Waals surface area contributed by atoms with E-state index in [-0.39, 0.29) is 5.91 Å². The SMILES string of the molecule is Cc1cc(C(=O)Nc2ccccc2C#N)c(C)n1C. The van der Waals surface area contributed by atoms with E-state index < -0.39 is 0 Å². The fourth-order valence-corrected chi connectivity index (χ4v) is 1.96. The molecule has 4 heteroatoms. The van der Waals surface area contributed by atoms with Crippen molar-refractivity contribution >= 4 is 11.6 Å². The lowest BCUT2D eigenvalue weighted by Gasteiger charge is -2.07. The molecule has 1 heterocycles. The zero-order valence-corrected chi connectivity index (χ0v) is 11.2. The number of nitriles is 1. The molecule has 0 aliphatic rings. The molecule has 1 aromatic carbocycles. The highest BCUT2D eigenvalue weighted by Crippen LogP contribution is 2.18. The third-order valence-corrected chi connectivity index (χ3v) is 3.32. The number of anilines is 1. The summed E-state index contributed by atoms with van der Waals surface area (Å²) in [5.41, 5.74) is 3.56. The summed E-state index contributed by atoms with van der Waals surface area (Å²) in [6.45, 7) is 3.85. The van der Waals surface area contributed by atoms with Gasteiger partial charge in [-0.3, -0.25) is 4.79 Å². The highest BCUT2D eigenvalue weighted by atomic mass is 16.1. The molecule has 1 amide bonds. The molecular weight excluding hydrogens is 238 g/mol. The minimum absolute atomic E-state index is 0.191. The maximum absolute atomic E-state index is 12.2. The smallest absolute Gasteiger partial charge is 0.257 e. The number of para-hydroxylation sites is 1. The van der Waals surface area contributed by atoms with Crippen molar-refractivity contribution < 1.29 is 4.79 Å². The van der Waals surface area contributed by atoms with E-state index >= 15 is 0 Å². The summed E-state index contributed by atoms with van der Waals surface area (Å²) in [5.74, 6) is -0.191. The Hall–Kier alpha value is -2.54. The van der Waals surface area contributed by atoms with Gasteiger partial charge < -0.3 is 9.88 Å². The van der Waals surface area contributed by atoms with Crippen molar-refractivity contribution in [3.05, 3.63) is 52.8 Å². The fraction of sp³-hybridized carbons (Fsp3) is 0.200. The standard InChI is InChI=1S/C15H15N3O/c1-10-8-13(11(2)18(10)3)15(19)17-14-7-5-4-6-12(14)9-16/h4-8H,1-3H3,(H,17,19). The Morgan fingerprint density at radius 3 is 2.58 bits per heavy atom. The quantitative estimate of drug-likeness (QED) is 0.894. The largest absolute Gasteiger partial charge is 0.351 e. The number of amides is 1. The van der Waals surface area contributed by atoms with Crippen molar-refractivity contribution in [2.24, 2.45) is 7.05 Å². The van der Waals surface area contributed by atoms with Crippen molar-refractivity contribution in [3.8, 4) is 6.07 Å². The van der Waals surface area contributed by atoms with Gasteiger partial charge in [0.2, 0.25) is 0 Å². The van der Waals surface area contributed by atoms with Crippen LogP contribution in [0.2, 0.25) is 0 Å².